The van der Waals surface area contributed by atoms with E-state index in [9.17, 15) is 26.3 Å². The number of hydrogen-bond donors (Lipinski definition) is 0. The molecule has 0 saturated heterocycles. The number of alkyl halides is 6. The van der Waals surface area contributed by atoms with Gasteiger partial charge in [0.2, 0.25) is 0 Å². The van der Waals surface area contributed by atoms with Crippen LogP contribution in [0.25, 0.3) is 0 Å². The van der Waals surface area contributed by atoms with E-state index in [1.807, 2.05) is 0 Å². The lowest BCUT2D eigenvalue weighted by Gasteiger charge is -2.07. The van der Waals surface area contributed by atoms with Gasteiger partial charge in [-0.25, -0.2) is 9.97 Å². The molecule has 2 aromatic rings. The third kappa shape index (κ3) is 6.38. The molecule has 0 amide bonds. The molecular formula is C12H4Br2Cl2F6N2. The van der Waals surface area contributed by atoms with E-state index < -0.39 is 23.5 Å². The lowest BCUT2D eigenvalue weighted by molar-refractivity contribution is -0.139. The predicted octanol–water partition coefficient (Wildman–Crippen LogP) is 7.03. The number of halogens is 10. The van der Waals surface area contributed by atoms with Gasteiger partial charge in [-0.3, -0.25) is 0 Å². The lowest BCUT2D eigenvalue weighted by Crippen LogP contribution is -2.06. The minimum Gasteiger partial charge on any atom is -0.243 e. The molecule has 0 radical (unpaired) electrons. The molecule has 2 rings (SSSR count). The van der Waals surface area contributed by atoms with Gasteiger partial charge < -0.3 is 0 Å². The SMILES string of the molecule is FC(F)(F)c1cc(Cl)ncc1Br.FC(F)(F)c1cc(Cl)ncc1Br. The second-order valence-corrected chi connectivity index (χ2v) is 6.45. The largest absolute Gasteiger partial charge is 0.417 e. The van der Waals surface area contributed by atoms with Crippen molar-refractivity contribution >= 4 is 55.1 Å². The third-order valence-corrected chi connectivity index (χ3v) is 3.93. The fourth-order valence-corrected chi connectivity index (χ4v) is 2.46. The van der Waals surface area contributed by atoms with Gasteiger partial charge in [-0.2, -0.15) is 26.3 Å². The van der Waals surface area contributed by atoms with Gasteiger partial charge >= 0.3 is 12.4 Å². The molecule has 24 heavy (non-hydrogen) atoms. The van der Waals surface area contributed by atoms with Crippen LogP contribution in [0.1, 0.15) is 11.1 Å². The minimum absolute atomic E-state index is 0.112. The highest BCUT2D eigenvalue weighted by Gasteiger charge is 2.34. The normalized spacial score (nSPS) is 11.8. The molecule has 0 N–H and O–H groups in total. The Hall–Kier alpha value is -0.580. The van der Waals surface area contributed by atoms with Crippen molar-refractivity contribution < 1.29 is 26.3 Å². The first-order chi connectivity index (χ1) is 10.8. The topological polar surface area (TPSA) is 25.8 Å². The van der Waals surface area contributed by atoms with Crippen molar-refractivity contribution in [3.8, 4) is 0 Å². The molecule has 132 valence electrons. The minimum atomic E-state index is -4.40. The van der Waals surface area contributed by atoms with Crippen LogP contribution in [0.4, 0.5) is 26.3 Å². The fourth-order valence-electron chi connectivity index (χ4n) is 1.26. The van der Waals surface area contributed by atoms with Crippen molar-refractivity contribution in [1.82, 2.24) is 9.97 Å². The highest BCUT2D eigenvalue weighted by molar-refractivity contribution is 9.10. The molecule has 0 saturated carbocycles. The molecule has 0 bridgehead atoms. The maximum Gasteiger partial charge on any atom is 0.417 e. The second-order valence-electron chi connectivity index (χ2n) is 3.97. The summed E-state index contributed by atoms with van der Waals surface area (Å²) in [5.74, 6) is 0. The summed E-state index contributed by atoms with van der Waals surface area (Å²) in [5.41, 5.74) is -1.63. The number of nitrogens with zero attached hydrogens (tertiary/aromatic N) is 2. The van der Waals surface area contributed by atoms with Gasteiger partial charge in [0.15, 0.2) is 0 Å². The Morgan fingerprint density at radius 2 is 1.00 bits per heavy atom. The molecule has 12 heteroatoms. The van der Waals surface area contributed by atoms with Gasteiger partial charge in [0.1, 0.15) is 10.3 Å². The van der Waals surface area contributed by atoms with E-state index in [1.54, 1.807) is 0 Å². The molecule has 2 heterocycles. The van der Waals surface area contributed by atoms with Crippen molar-refractivity contribution in [2.24, 2.45) is 0 Å². The third-order valence-electron chi connectivity index (χ3n) is 2.25. The van der Waals surface area contributed by atoms with Crippen LogP contribution in [-0.2, 0) is 12.4 Å². The zero-order chi connectivity index (χ0) is 18.7. The van der Waals surface area contributed by atoms with Crippen LogP contribution in [-0.4, -0.2) is 9.97 Å². The highest BCUT2D eigenvalue weighted by Crippen LogP contribution is 2.36. The quantitative estimate of drug-likeness (QED) is 0.275. The highest BCUT2D eigenvalue weighted by atomic mass is 79.9. The zero-order valence-electron chi connectivity index (χ0n) is 11.0. The first-order valence-electron chi connectivity index (χ1n) is 5.59. The van der Waals surface area contributed by atoms with E-state index in [4.69, 9.17) is 23.2 Å². The van der Waals surface area contributed by atoms with Gasteiger partial charge in [0.05, 0.1) is 11.1 Å². The predicted molar refractivity (Wildman–Crippen MR) is 83.9 cm³/mol. The molecule has 2 nitrogen and oxygen atoms in total. The second kappa shape index (κ2) is 8.20. The number of aromatic nitrogens is 2. The van der Waals surface area contributed by atoms with Crippen LogP contribution in [0.5, 0.6) is 0 Å². The first-order valence-corrected chi connectivity index (χ1v) is 7.93. The fraction of sp³-hybridized carbons (Fsp3) is 0.167. The summed E-state index contributed by atoms with van der Waals surface area (Å²) in [6.45, 7) is 0. The molecular weight excluding hydrogens is 517 g/mol. The molecule has 0 spiro atoms. The standard InChI is InChI=1S/2C6H2BrClF3N/c2*7-4-2-12-5(8)1-3(4)6(9,10)11/h2*1-2H. The summed E-state index contributed by atoms with van der Waals surface area (Å²) in [7, 11) is 0. The first kappa shape index (κ1) is 21.5. The number of rotatable bonds is 0. The zero-order valence-corrected chi connectivity index (χ0v) is 15.7. The van der Waals surface area contributed by atoms with E-state index in [-0.39, 0.29) is 19.3 Å². The molecule has 0 aromatic carbocycles. The maximum atomic E-state index is 12.1. The van der Waals surface area contributed by atoms with Gasteiger partial charge in [-0.15, -0.1) is 0 Å². The van der Waals surface area contributed by atoms with E-state index in [0.717, 1.165) is 24.5 Å². The summed E-state index contributed by atoms with van der Waals surface area (Å²) in [5, 5.41) is -0.351. The average Bonchev–Trinajstić information content (AvgIpc) is 2.42. The van der Waals surface area contributed by atoms with Gasteiger partial charge in [-0.05, 0) is 44.0 Å². The van der Waals surface area contributed by atoms with Gasteiger partial charge in [0.25, 0.3) is 0 Å². The van der Waals surface area contributed by atoms with E-state index >= 15 is 0 Å². The number of hydrogen-bond acceptors (Lipinski definition) is 2. The van der Waals surface area contributed by atoms with E-state index in [0.29, 0.717) is 0 Å². The van der Waals surface area contributed by atoms with Gasteiger partial charge in [-0.1, -0.05) is 23.2 Å². The van der Waals surface area contributed by atoms with Crippen LogP contribution < -0.4 is 0 Å². The van der Waals surface area contributed by atoms with Gasteiger partial charge in [0, 0.05) is 21.3 Å². The summed E-state index contributed by atoms with van der Waals surface area (Å²) in [6.07, 6.45) is -6.76. The Bertz CT molecular complexity index is 660. The molecule has 0 aliphatic heterocycles. The van der Waals surface area contributed by atoms with E-state index in [1.165, 1.54) is 0 Å². The van der Waals surface area contributed by atoms with Crippen molar-refractivity contribution in [2.75, 3.05) is 0 Å². The number of pyridine rings is 2. The van der Waals surface area contributed by atoms with Crippen molar-refractivity contribution in [1.29, 1.82) is 0 Å². The summed E-state index contributed by atoms with van der Waals surface area (Å²) >= 11 is 16.0. The van der Waals surface area contributed by atoms with Crippen LogP contribution >= 0.6 is 55.1 Å². The lowest BCUT2D eigenvalue weighted by atomic mass is 10.3. The average molecular weight is 521 g/mol. The maximum absolute atomic E-state index is 12.1. The molecule has 2 aromatic heterocycles. The van der Waals surface area contributed by atoms with Crippen LogP contribution in [0.15, 0.2) is 33.5 Å². The van der Waals surface area contributed by atoms with Crippen LogP contribution in [0.2, 0.25) is 10.3 Å². The van der Waals surface area contributed by atoms with Crippen molar-refractivity contribution in [2.45, 2.75) is 12.4 Å². The van der Waals surface area contributed by atoms with Crippen molar-refractivity contribution in [3.63, 3.8) is 0 Å². The monoisotopic (exact) mass is 518 g/mol. The molecule has 0 unspecified atom stereocenters. The Morgan fingerprint density at radius 1 is 0.708 bits per heavy atom. The Balaban J connectivity index is 0.000000240. The van der Waals surface area contributed by atoms with Crippen LogP contribution in [0.3, 0.4) is 0 Å². The summed E-state index contributed by atoms with van der Waals surface area (Å²) in [6, 6.07) is 1.54. The summed E-state index contributed by atoms with van der Waals surface area (Å²) in [4.78, 5) is 6.94. The Morgan fingerprint density at radius 3 is 1.21 bits per heavy atom. The Labute approximate surface area is 158 Å². The van der Waals surface area contributed by atoms with Crippen molar-refractivity contribution in [3.05, 3.63) is 54.9 Å². The smallest absolute Gasteiger partial charge is 0.243 e. The Kier molecular flexibility index (Phi) is 7.33. The molecule has 0 fully saturated rings. The van der Waals surface area contributed by atoms with E-state index in [2.05, 4.69) is 41.8 Å². The summed E-state index contributed by atoms with van der Waals surface area (Å²) < 4.78 is 72.5. The molecule has 0 aliphatic carbocycles. The molecule has 0 atom stereocenters. The van der Waals surface area contributed by atoms with Crippen LogP contribution in [0, 0.1) is 0 Å². The molecule has 0 aliphatic rings.